The molecule has 106 valence electrons. The van der Waals surface area contributed by atoms with Gasteiger partial charge in [0.15, 0.2) is 0 Å². The highest BCUT2D eigenvalue weighted by Crippen LogP contribution is 2.08. The predicted octanol–water partition coefficient (Wildman–Crippen LogP) is 0.754. The van der Waals surface area contributed by atoms with Crippen molar-refractivity contribution in [1.82, 2.24) is 10.3 Å². The molecule has 0 aliphatic carbocycles. The number of nitrogens with zero attached hydrogens (tertiary/aromatic N) is 1. The Labute approximate surface area is 112 Å². The molecule has 0 fully saturated rings. The molecule has 0 aliphatic rings. The van der Waals surface area contributed by atoms with Crippen LogP contribution < -0.4 is 10.5 Å². The SMILES string of the molecule is CC(C)(C)OC(=O)NCc1ccc(S(N)(=O)=O)cn1. The van der Waals surface area contributed by atoms with Gasteiger partial charge in [-0.15, -0.1) is 0 Å². The molecule has 0 unspecified atom stereocenters. The molecule has 0 saturated carbocycles. The lowest BCUT2D eigenvalue weighted by Crippen LogP contribution is -2.32. The molecule has 0 aromatic carbocycles. The van der Waals surface area contributed by atoms with Crippen LogP contribution in [0.4, 0.5) is 4.79 Å². The van der Waals surface area contributed by atoms with E-state index in [1.807, 2.05) is 0 Å². The number of carbonyl (C=O) groups is 1. The van der Waals surface area contributed by atoms with Crippen LogP contribution >= 0.6 is 0 Å². The Hall–Kier alpha value is -1.67. The molecule has 1 aromatic heterocycles. The molecule has 1 aromatic rings. The minimum absolute atomic E-state index is 0.0754. The van der Waals surface area contributed by atoms with Gasteiger partial charge in [-0.25, -0.2) is 18.4 Å². The third-order valence-electron chi connectivity index (χ3n) is 1.94. The second-order valence-corrected chi connectivity index (χ2v) is 6.45. The van der Waals surface area contributed by atoms with E-state index in [1.165, 1.54) is 12.1 Å². The van der Waals surface area contributed by atoms with Crippen molar-refractivity contribution in [3.63, 3.8) is 0 Å². The quantitative estimate of drug-likeness (QED) is 0.852. The summed E-state index contributed by atoms with van der Waals surface area (Å²) in [5.74, 6) is 0. The monoisotopic (exact) mass is 287 g/mol. The molecule has 1 amide bonds. The first-order valence-corrected chi connectivity index (χ1v) is 7.07. The third-order valence-corrected chi connectivity index (χ3v) is 2.84. The van der Waals surface area contributed by atoms with Gasteiger partial charge in [0.2, 0.25) is 10.0 Å². The van der Waals surface area contributed by atoms with Crippen LogP contribution in [-0.4, -0.2) is 25.1 Å². The van der Waals surface area contributed by atoms with E-state index < -0.39 is 21.7 Å². The van der Waals surface area contributed by atoms with Gasteiger partial charge in [0.1, 0.15) is 10.5 Å². The second kappa shape index (κ2) is 5.54. The number of ether oxygens (including phenoxy) is 1. The summed E-state index contributed by atoms with van der Waals surface area (Å²) in [6.45, 7) is 5.41. The number of carbonyl (C=O) groups excluding carboxylic acids is 1. The lowest BCUT2D eigenvalue weighted by Gasteiger charge is -2.19. The summed E-state index contributed by atoms with van der Waals surface area (Å²) in [6, 6.07) is 2.80. The van der Waals surface area contributed by atoms with Crippen molar-refractivity contribution in [2.24, 2.45) is 5.14 Å². The molecule has 7 nitrogen and oxygen atoms in total. The van der Waals surface area contributed by atoms with Crippen LogP contribution in [0.25, 0.3) is 0 Å². The second-order valence-electron chi connectivity index (χ2n) is 4.89. The highest BCUT2D eigenvalue weighted by atomic mass is 32.2. The number of nitrogens with one attached hydrogen (secondary N) is 1. The van der Waals surface area contributed by atoms with Crippen LogP contribution in [0.15, 0.2) is 23.2 Å². The maximum Gasteiger partial charge on any atom is 0.407 e. The number of aromatic nitrogens is 1. The molecule has 0 radical (unpaired) electrons. The number of rotatable bonds is 3. The Kier molecular flexibility index (Phi) is 4.48. The summed E-state index contributed by atoms with van der Waals surface area (Å²) in [5.41, 5.74) is -0.0760. The van der Waals surface area contributed by atoms with Gasteiger partial charge in [0.05, 0.1) is 12.2 Å². The van der Waals surface area contributed by atoms with E-state index in [9.17, 15) is 13.2 Å². The van der Waals surface area contributed by atoms with Gasteiger partial charge in [-0.2, -0.15) is 0 Å². The summed E-state index contributed by atoms with van der Waals surface area (Å²) in [6.07, 6.45) is 0.575. The number of sulfonamides is 1. The highest BCUT2D eigenvalue weighted by Gasteiger charge is 2.16. The minimum Gasteiger partial charge on any atom is -0.444 e. The van der Waals surface area contributed by atoms with Crippen molar-refractivity contribution in [2.75, 3.05) is 0 Å². The van der Waals surface area contributed by atoms with Crippen LogP contribution in [0, 0.1) is 0 Å². The molecule has 1 rings (SSSR count). The van der Waals surface area contributed by atoms with Crippen LogP contribution in [0.5, 0.6) is 0 Å². The fourth-order valence-corrected chi connectivity index (χ4v) is 1.62. The lowest BCUT2D eigenvalue weighted by atomic mass is 10.2. The molecule has 0 aliphatic heterocycles. The molecule has 0 spiro atoms. The van der Waals surface area contributed by atoms with Crippen LogP contribution in [-0.2, 0) is 21.3 Å². The average molecular weight is 287 g/mol. The van der Waals surface area contributed by atoms with Gasteiger partial charge in [0, 0.05) is 6.20 Å². The van der Waals surface area contributed by atoms with Gasteiger partial charge >= 0.3 is 6.09 Å². The fourth-order valence-electron chi connectivity index (χ4n) is 1.16. The van der Waals surface area contributed by atoms with E-state index in [0.717, 1.165) is 6.20 Å². The summed E-state index contributed by atoms with van der Waals surface area (Å²) in [7, 11) is -3.75. The number of hydrogen-bond donors (Lipinski definition) is 2. The number of amides is 1. The summed E-state index contributed by atoms with van der Waals surface area (Å²) < 4.78 is 27.1. The Morgan fingerprint density at radius 2 is 2.05 bits per heavy atom. The van der Waals surface area contributed by atoms with E-state index in [2.05, 4.69) is 10.3 Å². The molecular weight excluding hydrogens is 270 g/mol. The normalized spacial score (nSPS) is 12.0. The Morgan fingerprint density at radius 1 is 1.42 bits per heavy atom. The van der Waals surface area contributed by atoms with Crippen molar-refractivity contribution in [3.05, 3.63) is 24.0 Å². The first-order valence-electron chi connectivity index (χ1n) is 5.52. The first-order chi connectivity index (χ1) is 8.58. The topological polar surface area (TPSA) is 111 Å². The van der Waals surface area contributed by atoms with Gasteiger partial charge in [-0.3, -0.25) is 4.98 Å². The zero-order valence-electron chi connectivity index (χ0n) is 11.0. The number of alkyl carbamates (subject to hydrolysis) is 1. The van der Waals surface area contributed by atoms with Crippen molar-refractivity contribution in [2.45, 2.75) is 37.8 Å². The molecule has 0 saturated heterocycles. The maximum atomic E-state index is 11.4. The third kappa shape index (κ3) is 5.66. The minimum atomic E-state index is -3.75. The highest BCUT2D eigenvalue weighted by molar-refractivity contribution is 7.89. The fraction of sp³-hybridized carbons (Fsp3) is 0.455. The Bertz CT molecular complexity index is 546. The van der Waals surface area contributed by atoms with Gasteiger partial charge in [0.25, 0.3) is 0 Å². The molecule has 3 N–H and O–H groups in total. The Balaban J connectivity index is 2.58. The number of nitrogens with two attached hydrogens (primary N) is 1. The largest absolute Gasteiger partial charge is 0.444 e. The molecule has 8 heteroatoms. The zero-order valence-corrected chi connectivity index (χ0v) is 11.8. The summed E-state index contributed by atoms with van der Waals surface area (Å²) in [4.78, 5) is 15.2. The number of pyridine rings is 1. The van der Waals surface area contributed by atoms with Crippen molar-refractivity contribution >= 4 is 16.1 Å². The van der Waals surface area contributed by atoms with Gasteiger partial charge < -0.3 is 10.1 Å². The smallest absolute Gasteiger partial charge is 0.407 e. The molecule has 1 heterocycles. The predicted molar refractivity (Wildman–Crippen MR) is 68.7 cm³/mol. The standard InChI is InChI=1S/C11H17N3O4S/c1-11(2,3)18-10(15)14-6-8-4-5-9(7-13-8)19(12,16)17/h4-5,7H,6H2,1-3H3,(H,14,15)(H2,12,16,17). The first kappa shape index (κ1) is 15.4. The number of primary sulfonamides is 1. The van der Waals surface area contributed by atoms with Crippen molar-refractivity contribution in [3.8, 4) is 0 Å². The van der Waals surface area contributed by atoms with Crippen molar-refractivity contribution in [1.29, 1.82) is 0 Å². The van der Waals surface area contributed by atoms with Crippen LogP contribution in [0.2, 0.25) is 0 Å². The molecule has 19 heavy (non-hydrogen) atoms. The molecule has 0 bridgehead atoms. The molecular formula is C11H17N3O4S. The average Bonchev–Trinajstić information content (AvgIpc) is 2.23. The van der Waals surface area contributed by atoms with Crippen LogP contribution in [0.1, 0.15) is 26.5 Å². The molecule has 0 atom stereocenters. The summed E-state index contributed by atoms with van der Waals surface area (Å²) in [5, 5.41) is 7.45. The van der Waals surface area contributed by atoms with E-state index in [4.69, 9.17) is 9.88 Å². The number of hydrogen-bond acceptors (Lipinski definition) is 5. The van der Waals surface area contributed by atoms with E-state index >= 15 is 0 Å². The maximum absolute atomic E-state index is 11.4. The van der Waals surface area contributed by atoms with Gasteiger partial charge in [-0.05, 0) is 32.9 Å². The lowest BCUT2D eigenvalue weighted by molar-refractivity contribution is 0.0523. The van der Waals surface area contributed by atoms with Crippen LogP contribution in [0.3, 0.4) is 0 Å². The summed E-state index contributed by atoms with van der Waals surface area (Å²) >= 11 is 0. The van der Waals surface area contributed by atoms with Crippen molar-refractivity contribution < 1.29 is 17.9 Å². The Morgan fingerprint density at radius 3 is 2.47 bits per heavy atom. The van der Waals surface area contributed by atoms with E-state index in [0.29, 0.717) is 5.69 Å². The van der Waals surface area contributed by atoms with E-state index in [-0.39, 0.29) is 11.4 Å². The zero-order chi connectivity index (χ0) is 14.7. The van der Waals surface area contributed by atoms with Gasteiger partial charge in [-0.1, -0.05) is 0 Å². The van der Waals surface area contributed by atoms with E-state index in [1.54, 1.807) is 20.8 Å².